The number of amides is 1. The van der Waals surface area contributed by atoms with Crippen LogP contribution in [0.25, 0.3) is 33.4 Å². The van der Waals surface area contributed by atoms with Crippen LogP contribution in [0.4, 0.5) is 0 Å². The molecule has 1 amide bonds. The third-order valence-electron chi connectivity index (χ3n) is 5.09. The first-order valence-electron chi connectivity index (χ1n) is 10.1. The van der Waals surface area contributed by atoms with E-state index in [0.717, 1.165) is 40.1 Å². The van der Waals surface area contributed by atoms with Gasteiger partial charge in [0, 0.05) is 41.4 Å². The second-order valence-electron chi connectivity index (χ2n) is 7.53. The SMILES string of the molecule is COc1ccccc1-c1[nH]nc2ncc(-c3cccc(C(=O)NCCN(C)C)c3)cc12. The molecule has 0 saturated carbocycles. The molecule has 0 aliphatic heterocycles. The molecule has 0 bridgehead atoms. The third kappa shape index (κ3) is 4.41. The minimum Gasteiger partial charge on any atom is -0.496 e. The van der Waals surface area contributed by atoms with E-state index in [1.54, 1.807) is 13.3 Å². The number of hydrogen-bond acceptors (Lipinski definition) is 5. The Kier molecular flexibility index (Phi) is 5.95. The topological polar surface area (TPSA) is 83.1 Å². The summed E-state index contributed by atoms with van der Waals surface area (Å²) in [6, 6.07) is 17.4. The van der Waals surface area contributed by atoms with Crippen molar-refractivity contribution in [2.45, 2.75) is 0 Å². The van der Waals surface area contributed by atoms with Gasteiger partial charge in [0.05, 0.1) is 12.8 Å². The number of carbonyl (C=O) groups excluding carboxylic acids is 1. The Morgan fingerprint density at radius 2 is 1.94 bits per heavy atom. The van der Waals surface area contributed by atoms with Gasteiger partial charge in [-0.1, -0.05) is 24.3 Å². The molecule has 31 heavy (non-hydrogen) atoms. The number of aromatic amines is 1. The molecule has 0 fully saturated rings. The smallest absolute Gasteiger partial charge is 0.251 e. The van der Waals surface area contributed by atoms with E-state index in [9.17, 15) is 4.79 Å². The highest BCUT2D eigenvalue weighted by Crippen LogP contribution is 2.34. The third-order valence-corrected chi connectivity index (χ3v) is 5.09. The fraction of sp³-hybridized carbons (Fsp3) is 0.208. The van der Waals surface area contributed by atoms with Gasteiger partial charge in [0.2, 0.25) is 0 Å². The van der Waals surface area contributed by atoms with Gasteiger partial charge in [0.15, 0.2) is 5.65 Å². The van der Waals surface area contributed by atoms with E-state index in [1.807, 2.05) is 73.6 Å². The van der Waals surface area contributed by atoms with Crippen LogP contribution < -0.4 is 10.1 Å². The van der Waals surface area contributed by atoms with E-state index in [-0.39, 0.29) is 5.91 Å². The number of benzene rings is 2. The number of aromatic nitrogens is 3. The van der Waals surface area contributed by atoms with Gasteiger partial charge in [0.25, 0.3) is 5.91 Å². The second kappa shape index (κ2) is 8.97. The normalized spacial score (nSPS) is 11.1. The van der Waals surface area contributed by atoms with Gasteiger partial charge >= 0.3 is 0 Å². The number of pyridine rings is 1. The summed E-state index contributed by atoms with van der Waals surface area (Å²) in [5.74, 6) is 0.672. The quantitative estimate of drug-likeness (QED) is 0.482. The molecule has 4 rings (SSSR count). The van der Waals surface area contributed by atoms with Crippen molar-refractivity contribution < 1.29 is 9.53 Å². The molecule has 7 heteroatoms. The lowest BCUT2D eigenvalue weighted by atomic mass is 10.0. The summed E-state index contributed by atoms with van der Waals surface area (Å²) in [5, 5.41) is 11.3. The number of H-pyrrole nitrogens is 1. The van der Waals surface area contributed by atoms with Crippen LogP contribution in [0.3, 0.4) is 0 Å². The summed E-state index contributed by atoms with van der Waals surface area (Å²) in [5.41, 5.74) is 4.84. The van der Waals surface area contributed by atoms with E-state index in [1.165, 1.54) is 0 Å². The molecule has 0 spiro atoms. The van der Waals surface area contributed by atoms with E-state index in [2.05, 4.69) is 20.5 Å². The molecule has 0 radical (unpaired) electrons. The van der Waals surface area contributed by atoms with Gasteiger partial charge < -0.3 is 15.0 Å². The first-order valence-corrected chi connectivity index (χ1v) is 10.1. The number of likely N-dealkylation sites (N-methyl/N-ethyl adjacent to an activating group) is 1. The number of methoxy groups -OCH3 is 1. The van der Waals surface area contributed by atoms with Gasteiger partial charge in [-0.05, 0) is 50.0 Å². The maximum atomic E-state index is 12.5. The van der Waals surface area contributed by atoms with Gasteiger partial charge in [-0.25, -0.2) is 4.98 Å². The van der Waals surface area contributed by atoms with E-state index in [4.69, 9.17) is 4.74 Å². The van der Waals surface area contributed by atoms with Crippen LogP contribution in [0.2, 0.25) is 0 Å². The van der Waals surface area contributed by atoms with Crippen LogP contribution in [0.1, 0.15) is 10.4 Å². The number of rotatable bonds is 7. The van der Waals surface area contributed by atoms with Crippen LogP contribution >= 0.6 is 0 Å². The number of para-hydroxylation sites is 1. The van der Waals surface area contributed by atoms with Crippen LogP contribution in [-0.4, -0.2) is 60.3 Å². The van der Waals surface area contributed by atoms with Crippen molar-refractivity contribution in [1.82, 2.24) is 25.4 Å². The van der Waals surface area contributed by atoms with Gasteiger partial charge in [-0.15, -0.1) is 0 Å². The average Bonchev–Trinajstić information content (AvgIpc) is 3.22. The fourth-order valence-electron chi connectivity index (χ4n) is 3.45. The van der Waals surface area contributed by atoms with Crippen molar-refractivity contribution in [3.05, 3.63) is 66.4 Å². The van der Waals surface area contributed by atoms with E-state index >= 15 is 0 Å². The molecule has 7 nitrogen and oxygen atoms in total. The molecule has 2 aromatic carbocycles. The molecule has 4 aromatic rings. The standard InChI is InChI=1S/C24H25N5O2/c1-29(2)12-11-25-24(30)17-8-6-7-16(13-17)18-14-20-22(27-28-23(20)26-15-18)19-9-4-5-10-21(19)31-3/h4-10,13-15H,11-12H2,1-3H3,(H,25,30)(H,26,27,28). The highest BCUT2D eigenvalue weighted by atomic mass is 16.5. The summed E-state index contributed by atoms with van der Waals surface area (Å²) in [7, 11) is 5.60. The number of carbonyl (C=O) groups is 1. The molecular formula is C24H25N5O2. The zero-order valence-electron chi connectivity index (χ0n) is 17.8. The summed E-state index contributed by atoms with van der Waals surface area (Å²) < 4.78 is 5.51. The van der Waals surface area contributed by atoms with Crippen molar-refractivity contribution in [3.63, 3.8) is 0 Å². The highest BCUT2D eigenvalue weighted by Gasteiger charge is 2.14. The maximum Gasteiger partial charge on any atom is 0.251 e. The number of ether oxygens (including phenoxy) is 1. The summed E-state index contributed by atoms with van der Waals surface area (Å²) in [6.07, 6.45) is 1.78. The molecule has 2 heterocycles. The molecule has 0 atom stereocenters. The Balaban J connectivity index is 1.67. The lowest BCUT2D eigenvalue weighted by molar-refractivity contribution is 0.0951. The fourth-order valence-corrected chi connectivity index (χ4v) is 3.45. The van der Waals surface area contributed by atoms with E-state index in [0.29, 0.717) is 17.8 Å². The average molecular weight is 415 g/mol. The summed E-state index contributed by atoms with van der Waals surface area (Å²) in [6.45, 7) is 1.39. The molecule has 2 N–H and O–H groups in total. The lowest BCUT2D eigenvalue weighted by Gasteiger charge is -2.11. The minimum atomic E-state index is -0.0873. The molecule has 0 aliphatic carbocycles. The molecule has 0 unspecified atom stereocenters. The minimum absolute atomic E-state index is 0.0873. The maximum absolute atomic E-state index is 12.5. The molecular weight excluding hydrogens is 390 g/mol. The second-order valence-corrected chi connectivity index (χ2v) is 7.53. The number of nitrogens with one attached hydrogen (secondary N) is 2. The van der Waals surface area contributed by atoms with Crippen molar-refractivity contribution in [2.75, 3.05) is 34.3 Å². The first kappa shape index (κ1) is 20.6. The largest absolute Gasteiger partial charge is 0.496 e. The Bertz CT molecular complexity index is 1220. The van der Waals surface area contributed by atoms with Gasteiger partial charge in [-0.2, -0.15) is 5.10 Å². The zero-order valence-corrected chi connectivity index (χ0v) is 17.8. The van der Waals surface area contributed by atoms with Crippen LogP contribution in [0.15, 0.2) is 60.8 Å². The molecule has 0 aliphatic rings. The Morgan fingerprint density at radius 1 is 1.10 bits per heavy atom. The predicted octanol–water partition coefficient (Wildman–Crippen LogP) is 3.59. The monoisotopic (exact) mass is 415 g/mol. The van der Waals surface area contributed by atoms with Crippen molar-refractivity contribution in [2.24, 2.45) is 0 Å². The lowest BCUT2D eigenvalue weighted by Crippen LogP contribution is -2.31. The highest BCUT2D eigenvalue weighted by molar-refractivity contribution is 5.97. The van der Waals surface area contributed by atoms with Crippen LogP contribution in [0.5, 0.6) is 5.75 Å². The van der Waals surface area contributed by atoms with Crippen molar-refractivity contribution in [1.29, 1.82) is 0 Å². The number of fused-ring (bicyclic) bond motifs is 1. The van der Waals surface area contributed by atoms with Crippen LogP contribution in [0, 0.1) is 0 Å². The van der Waals surface area contributed by atoms with Crippen molar-refractivity contribution in [3.8, 4) is 28.1 Å². The van der Waals surface area contributed by atoms with Crippen LogP contribution in [-0.2, 0) is 0 Å². The Morgan fingerprint density at radius 3 is 2.74 bits per heavy atom. The number of nitrogens with zero attached hydrogens (tertiary/aromatic N) is 3. The summed E-state index contributed by atoms with van der Waals surface area (Å²) >= 11 is 0. The molecule has 0 saturated heterocycles. The predicted molar refractivity (Wildman–Crippen MR) is 122 cm³/mol. The Hall–Kier alpha value is -3.71. The molecule has 2 aromatic heterocycles. The van der Waals surface area contributed by atoms with Gasteiger partial charge in [-0.3, -0.25) is 9.89 Å². The zero-order chi connectivity index (χ0) is 21.8. The summed E-state index contributed by atoms with van der Waals surface area (Å²) in [4.78, 5) is 19.1. The molecule has 158 valence electrons. The number of hydrogen-bond donors (Lipinski definition) is 2. The first-order chi connectivity index (χ1) is 15.1. The van der Waals surface area contributed by atoms with Gasteiger partial charge in [0.1, 0.15) is 5.75 Å². The van der Waals surface area contributed by atoms with Crippen molar-refractivity contribution >= 4 is 16.9 Å². The van der Waals surface area contributed by atoms with E-state index < -0.39 is 0 Å². The Labute approximate surface area is 181 Å².